The third kappa shape index (κ3) is 7.76. The van der Waals surface area contributed by atoms with Crippen molar-refractivity contribution in [1.29, 1.82) is 0 Å². The molecule has 0 unspecified atom stereocenters. The van der Waals surface area contributed by atoms with Gasteiger partial charge in [0.05, 0.1) is 12.5 Å². The molecule has 0 aromatic heterocycles. The van der Waals surface area contributed by atoms with Crippen LogP contribution < -0.4 is 5.73 Å². The van der Waals surface area contributed by atoms with Crippen LogP contribution in [0.25, 0.3) is 0 Å². The van der Waals surface area contributed by atoms with Crippen molar-refractivity contribution in [3.8, 4) is 0 Å². The van der Waals surface area contributed by atoms with Gasteiger partial charge >= 0.3 is 20.2 Å². The van der Waals surface area contributed by atoms with Gasteiger partial charge in [-0.25, -0.2) is 0 Å². The van der Waals surface area contributed by atoms with Gasteiger partial charge in [0.15, 0.2) is 6.26 Å². The van der Waals surface area contributed by atoms with Gasteiger partial charge < -0.3 is 14.1 Å². The van der Waals surface area contributed by atoms with Gasteiger partial charge in [0.25, 0.3) is 5.91 Å². The molecule has 0 saturated carbocycles. The molecule has 0 aliphatic rings. The standard InChI is InChI=1S/C5H9NO7S2/c1-14(8,9)12-3-4(5(6)7)13-15(2,10)11/h3H,1-2H3,(H2,6,7)/b4-3+. The lowest BCUT2D eigenvalue weighted by molar-refractivity contribution is -0.116. The monoisotopic (exact) mass is 259 g/mol. The first-order valence-corrected chi connectivity index (χ1v) is 6.92. The first-order chi connectivity index (χ1) is 6.51. The topological polar surface area (TPSA) is 130 Å². The van der Waals surface area contributed by atoms with E-state index < -0.39 is 31.9 Å². The number of rotatable bonds is 5. The smallest absolute Gasteiger partial charge is 0.306 e. The zero-order valence-corrected chi connectivity index (χ0v) is 9.46. The van der Waals surface area contributed by atoms with Crippen LogP contribution in [0.4, 0.5) is 0 Å². The normalized spacial score (nSPS) is 13.3. The van der Waals surface area contributed by atoms with Crippen molar-refractivity contribution in [1.82, 2.24) is 0 Å². The van der Waals surface area contributed by atoms with Gasteiger partial charge in [-0.2, -0.15) is 16.8 Å². The Balaban J connectivity index is 4.93. The Bertz CT molecular complexity index is 472. The molecule has 2 N–H and O–H groups in total. The van der Waals surface area contributed by atoms with Gasteiger partial charge in [-0.3, -0.25) is 4.79 Å². The SMILES string of the molecule is CS(=O)(=O)O/C=C(/OS(C)(=O)=O)C(N)=O. The van der Waals surface area contributed by atoms with E-state index >= 15 is 0 Å². The van der Waals surface area contributed by atoms with Crippen molar-refractivity contribution in [2.45, 2.75) is 0 Å². The summed E-state index contributed by atoms with van der Waals surface area (Å²) in [5.41, 5.74) is 4.70. The highest BCUT2D eigenvalue weighted by molar-refractivity contribution is 7.86. The minimum absolute atomic E-state index is 0.304. The molecule has 0 aromatic carbocycles. The molecule has 0 aliphatic carbocycles. The number of amides is 1. The van der Waals surface area contributed by atoms with E-state index in [4.69, 9.17) is 5.73 Å². The Kier molecular flexibility index (Phi) is 4.10. The fourth-order valence-electron chi connectivity index (χ4n) is 0.413. The molecule has 0 aliphatic heterocycles. The van der Waals surface area contributed by atoms with E-state index in [-0.39, 0.29) is 0 Å². The van der Waals surface area contributed by atoms with Crippen molar-refractivity contribution in [3.05, 3.63) is 12.0 Å². The van der Waals surface area contributed by atoms with Gasteiger partial charge in [0.2, 0.25) is 5.76 Å². The number of nitrogens with two attached hydrogens (primary N) is 1. The number of hydrogen-bond acceptors (Lipinski definition) is 7. The summed E-state index contributed by atoms with van der Waals surface area (Å²) < 4.78 is 50.3. The maximum Gasteiger partial charge on any atom is 0.306 e. The van der Waals surface area contributed by atoms with Crippen LogP contribution in [0, 0.1) is 0 Å². The summed E-state index contributed by atoms with van der Waals surface area (Å²) in [6, 6.07) is 0. The molecule has 10 heteroatoms. The van der Waals surface area contributed by atoms with Crippen molar-refractivity contribution < 1.29 is 30.0 Å². The lowest BCUT2D eigenvalue weighted by atomic mass is 10.5. The molecule has 0 aromatic rings. The number of primary amides is 1. The Morgan fingerprint density at radius 2 is 1.60 bits per heavy atom. The first kappa shape index (κ1) is 13.7. The fourth-order valence-corrected chi connectivity index (χ4v) is 1.12. The summed E-state index contributed by atoms with van der Waals surface area (Å²) in [7, 11) is -7.85. The molecule has 88 valence electrons. The van der Waals surface area contributed by atoms with E-state index in [0.29, 0.717) is 18.8 Å². The van der Waals surface area contributed by atoms with Crippen molar-refractivity contribution in [2.75, 3.05) is 12.5 Å². The van der Waals surface area contributed by atoms with Crippen molar-refractivity contribution >= 4 is 26.1 Å². The van der Waals surface area contributed by atoms with Gasteiger partial charge in [-0.05, 0) is 0 Å². The second kappa shape index (κ2) is 4.49. The van der Waals surface area contributed by atoms with Crippen LogP contribution in [-0.4, -0.2) is 35.3 Å². The third-order valence-electron chi connectivity index (χ3n) is 0.814. The molecule has 0 bridgehead atoms. The molecule has 0 atom stereocenters. The lowest BCUT2D eigenvalue weighted by Crippen LogP contribution is -2.19. The van der Waals surface area contributed by atoms with Crippen LogP contribution in [0.5, 0.6) is 0 Å². The fraction of sp³-hybridized carbons (Fsp3) is 0.400. The second-order valence-corrected chi connectivity index (χ2v) is 5.61. The highest BCUT2D eigenvalue weighted by atomic mass is 32.2. The maximum absolute atomic E-state index is 10.6. The van der Waals surface area contributed by atoms with E-state index in [1.165, 1.54) is 0 Å². The van der Waals surface area contributed by atoms with Crippen LogP contribution in [0.3, 0.4) is 0 Å². The highest BCUT2D eigenvalue weighted by Crippen LogP contribution is 2.03. The highest BCUT2D eigenvalue weighted by Gasteiger charge is 2.15. The molecular formula is C5H9NO7S2. The predicted molar refractivity (Wildman–Crippen MR) is 49.1 cm³/mol. The quantitative estimate of drug-likeness (QED) is 0.352. The van der Waals surface area contributed by atoms with Gasteiger partial charge in [-0.1, -0.05) is 0 Å². The Morgan fingerprint density at radius 3 is 1.87 bits per heavy atom. The lowest BCUT2D eigenvalue weighted by Gasteiger charge is -2.03. The van der Waals surface area contributed by atoms with E-state index in [1.807, 2.05) is 0 Å². The average molecular weight is 259 g/mol. The maximum atomic E-state index is 10.6. The molecule has 8 nitrogen and oxygen atoms in total. The van der Waals surface area contributed by atoms with Gasteiger partial charge in [-0.15, -0.1) is 0 Å². The number of hydrogen-bond donors (Lipinski definition) is 1. The minimum Gasteiger partial charge on any atom is -0.386 e. The van der Waals surface area contributed by atoms with Crippen LogP contribution in [0.15, 0.2) is 12.0 Å². The second-order valence-electron chi connectivity index (χ2n) is 2.43. The zero-order chi connectivity index (χ0) is 12.3. The molecule has 0 spiro atoms. The largest absolute Gasteiger partial charge is 0.386 e. The predicted octanol–water partition coefficient (Wildman–Crippen LogP) is -1.73. The van der Waals surface area contributed by atoms with Crippen LogP contribution in [0.2, 0.25) is 0 Å². The zero-order valence-electron chi connectivity index (χ0n) is 7.83. The van der Waals surface area contributed by atoms with E-state index in [9.17, 15) is 21.6 Å². The van der Waals surface area contributed by atoms with Gasteiger partial charge in [0, 0.05) is 0 Å². The molecule has 0 saturated heterocycles. The molecule has 0 fully saturated rings. The Morgan fingerprint density at radius 1 is 1.13 bits per heavy atom. The molecule has 0 heterocycles. The summed E-state index contributed by atoms with van der Waals surface area (Å²) in [6.07, 6.45) is 1.66. The van der Waals surface area contributed by atoms with E-state index in [1.54, 1.807) is 0 Å². The van der Waals surface area contributed by atoms with E-state index in [2.05, 4.69) is 8.37 Å². The summed E-state index contributed by atoms with van der Waals surface area (Å²) in [4.78, 5) is 10.6. The summed E-state index contributed by atoms with van der Waals surface area (Å²) >= 11 is 0. The summed E-state index contributed by atoms with van der Waals surface area (Å²) in [6.45, 7) is 0. The molecule has 0 radical (unpaired) electrons. The average Bonchev–Trinajstić information content (AvgIpc) is 1.93. The first-order valence-electron chi connectivity index (χ1n) is 3.29. The summed E-state index contributed by atoms with van der Waals surface area (Å²) in [5.74, 6) is -2.20. The minimum atomic E-state index is -3.98. The van der Waals surface area contributed by atoms with Crippen LogP contribution in [0.1, 0.15) is 0 Å². The third-order valence-corrected chi connectivity index (χ3v) is 1.74. The molecule has 1 amide bonds. The van der Waals surface area contributed by atoms with Crippen LogP contribution >= 0.6 is 0 Å². The van der Waals surface area contributed by atoms with Gasteiger partial charge in [0.1, 0.15) is 0 Å². The number of carbonyl (C=O) groups excluding carboxylic acids is 1. The number of carbonyl (C=O) groups is 1. The van der Waals surface area contributed by atoms with Crippen molar-refractivity contribution in [3.63, 3.8) is 0 Å². The summed E-state index contributed by atoms with van der Waals surface area (Å²) in [5, 5.41) is 0. The van der Waals surface area contributed by atoms with Crippen LogP contribution in [-0.2, 0) is 33.4 Å². The molecule has 15 heavy (non-hydrogen) atoms. The van der Waals surface area contributed by atoms with Crippen molar-refractivity contribution in [2.24, 2.45) is 5.73 Å². The van der Waals surface area contributed by atoms with E-state index in [0.717, 1.165) is 0 Å². The Labute approximate surface area is 86.9 Å². The molecular weight excluding hydrogens is 250 g/mol. The molecule has 0 rings (SSSR count). The Hall–Kier alpha value is -1.29.